The molecule has 12 rings (SSSR count). The fourth-order valence-electron chi connectivity index (χ4n) is 9.60. The van der Waals surface area contributed by atoms with Gasteiger partial charge in [0.05, 0.1) is 16.2 Å². The van der Waals surface area contributed by atoms with Gasteiger partial charge in [-0.1, -0.05) is 30.3 Å². The number of rotatable bonds is 5. The maximum absolute atomic E-state index is 13.0. The van der Waals surface area contributed by atoms with Crippen molar-refractivity contribution in [3.63, 3.8) is 0 Å². The molecule has 268 valence electrons. The van der Waals surface area contributed by atoms with Crippen LogP contribution in [0.2, 0.25) is 0 Å². The molecule has 50 heavy (non-hydrogen) atoms. The molecule has 0 radical (unpaired) electrons. The summed E-state index contributed by atoms with van der Waals surface area (Å²) < 4.78 is 8.02. The van der Waals surface area contributed by atoms with Crippen molar-refractivity contribution < 1.29 is 19.1 Å². The van der Waals surface area contributed by atoms with E-state index < -0.39 is 0 Å². The second-order valence-corrected chi connectivity index (χ2v) is 16.8. The lowest BCUT2D eigenvalue weighted by Crippen LogP contribution is -2.63. The monoisotopic (exact) mass is 735 g/mol. The molecule has 2 aromatic heterocycles. The lowest BCUT2D eigenvalue weighted by Gasteiger charge is -2.52. The van der Waals surface area contributed by atoms with Gasteiger partial charge in [0.25, 0.3) is 0 Å². The molecule has 0 amide bonds. The average molecular weight is 736 g/mol. The Kier molecular flexibility index (Phi) is 11.6. The van der Waals surface area contributed by atoms with E-state index in [-0.39, 0.29) is 18.6 Å². The minimum atomic E-state index is 0. The highest BCUT2D eigenvalue weighted by atomic mass is 35.5. The number of ketones is 1. The van der Waals surface area contributed by atoms with Crippen molar-refractivity contribution >= 4 is 67.2 Å². The quantitative estimate of drug-likeness (QED) is 0.206. The van der Waals surface area contributed by atoms with Crippen LogP contribution in [0.5, 0.6) is 5.75 Å². The summed E-state index contributed by atoms with van der Waals surface area (Å²) in [6.45, 7) is 10.1. The van der Waals surface area contributed by atoms with Gasteiger partial charge in [0.15, 0.2) is 5.78 Å². The molecule has 6 aliphatic heterocycles. The normalized spacial score (nSPS) is 28.2. The summed E-state index contributed by atoms with van der Waals surface area (Å²) in [7, 11) is 0. The molecule has 8 heterocycles. The van der Waals surface area contributed by atoms with Crippen molar-refractivity contribution in [1.82, 2.24) is 9.80 Å². The Morgan fingerprint density at radius 3 is 2.06 bits per heavy atom. The summed E-state index contributed by atoms with van der Waals surface area (Å²) >= 11 is 3.43. The number of carbonyl (C=O) groups is 1. The molecule has 6 saturated heterocycles. The van der Waals surface area contributed by atoms with Gasteiger partial charge >= 0.3 is 6.15 Å². The van der Waals surface area contributed by atoms with E-state index in [1.54, 1.807) is 22.7 Å². The standard InChI is InChI=1S/C20H23NOS.C10H10OS.C9H16N2.CO2.ClH/c1-13-3-2-4-15-11-18(23-19(13)15)17(22)12-16-14-5-9-21(10-6-14)20(16)7-8-20;1-2-11-9-5-3-4-8-6-7-12-10(8)9;10-8-7-1-5-11(6-2-7)9(8)3-4-9;2-1-3;/h2-4,11,14,16H,5-10,12H2,1H3;3-7H,2H2,1H3;7-8H,1-6,10H2;;1H/t16-;;8-;;/m1.1../s1. The van der Waals surface area contributed by atoms with Gasteiger partial charge in [-0.3, -0.25) is 14.6 Å². The number of carbonyl (C=O) groups excluding carboxylic acids is 3. The summed E-state index contributed by atoms with van der Waals surface area (Å²) in [5, 5.41) is 4.59. The number of nitrogens with zero attached hydrogens (tertiary/aromatic N) is 2. The first kappa shape index (κ1) is 37.1. The third kappa shape index (κ3) is 7.08. The maximum atomic E-state index is 13.0. The van der Waals surface area contributed by atoms with E-state index in [2.05, 4.69) is 58.5 Å². The number of nitrogens with two attached hydrogens (primary N) is 1. The molecule has 0 unspecified atom stereocenters. The van der Waals surface area contributed by atoms with Crippen LogP contribution in [0.4, 0.5) is 0 Å². The summed E-state index contributed by atoms with van der Waals surface area (Å²) in [5.74, 6) is 3.66. The number of aryl methyl sites for hydroxylation is 1. The molecule has 10 heteroatoms. The molecule has 8 fully saturated rings. The lowest BCUT2D eigenvalue weighted by atomic mass is 9.70. The Bertz CT molecular complexity index is 1810. The van der Waals surface area contributed by atoms with Crippen LogP contribution in [-0.2, 0) is 9.59 Å². The van der Waals surface area contributed by atoms with Crippen LogP contribution in [0.3, 0.4) is 0 Å². The van der Waals surface area contributed by atoms with Gasteiger partial charge in [-0.2, -0.15) is 9.59 Å². The molecule has 8 aliphatic rings. The van der Waals surface area contributed by atoms with E-state index in [0.29, 0.717) is 28.8 Å². The molecule has 2 aromatic carbocycles. The van der Waals surface area contributed by atoms with Crippen molar-refractivity contribution in [3.05, 3.63) is 64.4 Å². The van der Waals surface area contributed by atoms with Gasteiger partial charge in [-0.15, -0.1) is 35.1 Å². The van der Waals surface area contributed by atoms with E-state index in [4.69, 9.17) is 20.1 Å². The number of halogens is 1. The Morgan fingerprint density at radius 1 is 0.880 bits per heavy atom. The molecule has 2 N–H and O–H groups in total. The van der Waals surface area contributed by atoms with Gasteiger partial charge in [-0.05, 0) is 149 Å². The predicted molar refractivity (Wildman–Crippen MR) is 205 cm³/mol. The molecule has 4 bridgehead atoms. The Hall–Kier alpha value is -2.62. The van der Waals surface area contributed by atoms with Gasteiger partial charge in [-0.25, -0.2) is 0 Å². The third-order valence-corrected chi connectivity index (χ3v) is 14.7. The molecular weight excluding hydrogens is 686 g/mol. The molecular formula is C40H50ClN3O4S2. The maximum Gasteiger partial charge on any atom is 0.373 e. The summed E-state index contributed by atoms with van der Waals surface area (Å²) in [6.07, 6.45) is 11.8. The zero-order valence-electron chi connectivity index (χ0n) is 29.2. The number of fused-ring (bicyclic) bond motifs is 6. The number of hydrogen-bond acceptors (Lipinski definition) is 9. The fraction of sp³-hybridized carbons (Fsp3) is 0.550. The van der Waals surface area contributed by atoms with Crippen LogP contribution in [-0.4, -0.2) is 71.6 Å². The molecule has 2 spiro atoms. The van der Waals surface area contributed by atoms with Gasteiger partial charge < -0.3 is 10.5 Å². The van der Waals surface area contributed by atoms with E-state index in [1.165, 1.54) is 103 Å². The first-order valence-electron chi connectivity index (χ1n) is 18.2. The number of piperidine rings is 6. The smallest absolute Gasteiger partial charge is 0.373 e. The van der Waals surface area contributed by atoms with Crippen molar-refractivity contribution in [2.24, 2.45) is 23.5 Å². The molecule has 7 nitrogen and oxygen atoms in total. The molecule has 2 saturated carbocycles. The van der Waals surface area contributed by atoms with Crippen molar-refractivity contribution in [3.8, 4) is 5.75 Å². The van der Waals surface area contributed by atoms with Crippen LogP contribution in [0, 0.1) is 24.7 Å². The zero-order chi connectivity index (χ0) is 34.2. The molecule has 2 aliphatic carbocycles. The Balaban J connectivity index is 0.000000135. The summed E-state index contributed by atoms with van der Waals surface area (Å²) in [5.41, 5.74) is 8.44. The second kappa shape index (κ2) is 15.5. The lowest BCUT2D eigenvalue weighted by molar-refractivity contribution is -0.191. The minimum Gasteiger partial charge on any atom is -0.492 e. The van der Waals surface area contributed by atoms with Crippen LogP contribution in [0.15, 0.2) is 53.9 Å². The van der Waals surface area contributed by atoms with E-state index >= 15 is 0 Å². The van der Waals surface area contributed by atoms with Crippen molar-refractivity contribution in [2.75, 3.05) is 32.8 Å². The van der Waals surface area contributed by atoms with Crippen molar-refractivity contribution in [2.45, 2.75) is 88.8 Å². The largest absolute Gasteiger partial charge is 0.492 e. The summed E-state index contributed by atoms with van der Waals surface area (Å²) in [4.78, 5) is 35.6. The van der Waals surface area contributed by atoms with E-state index in [0.717, 1.165) is 35.5 Å². The minimum absolute atomic E-state index is 0. The first-order valence-corrected chi connectivity index (χ1v) is 19.9. The van der Waals surface area contributed by atoms with Crippen molar-refractivity contribution in [1.29, 1.82) is 0 Å². The first-order chi connectivity index (χ1) is 23.8. The summed E-state index contributed by atoms with van der Waals surface area (Å²) in [6, 6.07) is 17.3. The number of hydrogen-bond donors (Lipinski definition) is 1. The highest BCUT2D eigenvalue weighted by Crippen LogP contribution is 2.59. The van der Waals surface area contributed by atoms with Gasteiger partial charge in [0.2, 0.25) is 0 Å². The van der Waals surface area contributed by atoms with E-state index in [9.17, 15) is 4.79 Å². The Morgan fingerprint density at radius 2 is 1.48 bits per heavy atom. The van der Waals surface area contributed by atoms with Gasteiger partial charge in [0, 0.05) is 28.2 Å². The highest BCUT2D eigenvalue weighted by molar-refractivity contribution is 7.21. The highest BCUT2D eigenvalue weighted by Gasteiger charge is 2.60. The SMILES string of the molecule is CCOc1cccc2ccsc12.Cc1cccc2cc(C(=O)C[C@@H]3C4CCN(CC4)C34CC4)sc12.Cl.N[C@@H]1C2CCN(CC2)C12CC2.O=C=O. The predicted octanol–water partition coefficient (Wildman–Crippen LogP) is 8.37. The van der Waals surface area contributed by atoms with Crippen LogP contribution < -0.4 is 10.5 Å². The molecule has 2 atom stereocenters. The fourth-order valence-corrected chi connectivity index (χ4v) is 11.5. The number of ether oxygens (including phenoxy) is 1. The second-order valence-electron chi connectivity index (χ2n) is 14.8. The van der Waals surface area contributed by atoms with Crippen LogP contribution >= 0.6 is 35.1 Å². The van der Waals surface area contributed by atoms with Crippen LogP contribution in [0.25, 0.3) is 20.2 Å². The number of thiophene rings is 2. The topological polar surface area (TPSA) is 92.9 Å². The third-order valence-electron chi connectivity index (χ3n) is 12.4. The average Bonchev–Trinajstić information content (AvgIpc) is 3.98. The number of Topliss-reactive ketones (excluding diaryl/α,β-unsaturated/α-hetero) is 1. The van der Waals surface area contributed by atoms with Crippen LogP contribution in [0.1, 0.15) is 79.9 Å². The molecule has 4 aromatic rings. The van der Waals surface area contributed by atoms with Gasteiger partial charge in [0.1, 0.15) is 5.75 Å². The zero-order valence-corrected chi connectivity index (χ0v) is 31.7. The van der Waals surface area contributed by atoms with E-state index in [1.807, 2.05) is 19.1 Å². The Labute approximate surface area is 309 Å². The number of benzene rings is 2.